The Morgan fingerprint density at radius 2 is 1.96 bits per heavy atom. The molecule has 3 aromatic rings. The Morgan fingerprint density at radius 3 is 2.65 bits per heavy atom. The molecule has 0 aliphatic rings. The summed E-state index contributed by atoms with van der Waals surface area (Å²) < 4.78 is 3.69. The Morgan fingerprint density at radius 1 is 1.23 bits per heavy atom. The van der Waals surface area contributed by atoms with Gasteiger partial charge in [-0.25, -0.2) is 10.2 Å². The average molecular weight is 358 g/mol. The largest absolute Gasteiger partial charge is 0.507 e. The van der Waals surface area contributed by atoms with Gasteiger partial charge >= 0.3 is 5.69 Å². The zero-order valence-electron chi connectivity index (χ0n) is 14.2. The molecule has 2 heterocycles. The van der Waals surface area contributed by atoms with Crippen molar-refractivity contribution in [3.63, 3.8) is 0 Å². The number of nitrogens with zero attached hydrogens (tertiary/aromatic N) is 5. The minimum atomic E-state index is -0.512. The monoisotopic (exact) mass is 358 g/mol. The van der Waals surface area contributed by atoms with E-state index in [1.54, 1.807) is 18.2 Å². The molecule has 3 rings (SSSR count). The minimum Gasteiger partial charge on any atom is -0.507 e. The molecule has 0 saturated heterocycles. The van der Waals surface area contributed by atoms with Crippen LogP contribution in [0.1, 0.15) is 5.56 Å². The number of rotatable bonds is 5. The number of aliphatic hydroxyl groups is 1. The number of anilines is 1. The molecule has 0 aliphatic carbocycles. The van der Waals surface area contributed by atoms with Crippen LogP contribution in [0.25, 0.3) is 11.2 Å². The van der Waals surface area contributed by atoms with Crippen molar-refractivity contribution < 1.29 is 10.2 Å². The zero-order chi connectivity index (χ0) is 18.8. The van der Waals surface area contributed by atoms with E-state index in [9.17, 15) is 19.8 Å². The summed E-state index contributed by atoms with van der Waals surface area (Å²) in [5, 5.41) is 23.1. The van der Waals surface area contributed by atoms with Crippen LogP contribution in [0.5, 0.6) is 5.75 Å². The second kappa shape index (κ2) is 6.84. The highest BCUT2D eigenvalue weighted by Crippen LogP contribution is 2.16. The lowest BCUT2D eigenvalue weighted by atomic mass is 10.2. The molecule has 10 nitrogen and oxygen atoms in total. The molecule has 3 N–H and O–H groups in total. The normalized spacial score (nSPS) is 11.5. The van der Waals surface area contributed by atoms with Crippen molar-refractivity contribution in [2.45, 2.75) is 6.54 Å². The number of nitrogens with one attached hydrogen (secondary N) is 1. The molecule has 26 heavy (non-hydrogen) atoms. The first-order valence-electron chi connectivity index (χ1n) is 7.80. The van der Waals surface area contributed by atoms with Gasteiger partial charge in [-0.3, -0.25) is 13.9 Å². The number of imidazole rings is 1. The molecule has 0 unspecified atom stereocenters. The van der Waals surface area contributed by atoms with Crippen LogP contribution in [0.3, 0.4) is 0 Å². The first-order chi connectivity index (χ1) is 12.5. The molecule has 0 saturated carbocycles. The van der Waals surface area contributed by atoms with Gasteiger partial charge in [-0.1, -0.05) is 12.1 Å². The number of aliphatic hydroxyl groups excluding tert-OH is 1. The molecule has 10 heteroatoms. The number of aryl methyl sites for hydroxylation is 1. The van der Waals surface area contributed by atoms with Crippen molar-refractivity contribution in [2.75, 3.05) is 12.0 Å². The van der Waals surface area contributed by atoms with Gasteiger partial charge in [0.2, 0.25) is 5.95 Å². The standard InChI is InChI=1S/C16H18N6O4/c1-20-13-12(14(25)21(2)16(20)26)22(7-8-23)15(18-13)19-17-9-10-5-3-4-6-11(10)24/h3-6,9,23-24H,7-8H2,1-2H3,(H,18,19)/b17-9+. The highest BCUT2D eigenvalue weighted by atomic mass is 16.3. The van der Waals surface area contributed by atoms with Crippen LogP contribution in [-0.4, -0.2) is 41.7 Å². The summed E-state index contributed by atoms with van der Waals surface area (Å²) in [6.45, 7) is -0.131. The second-order valence-electron chi connectivity index (χ2n) is 5.62. The van der Waals surface area contributed by atoms with Gasteiger partial charge in [-0.05, 0) is 12.1 Å². The minimum absolute atomic E-state index is 0.0678. The highest BCUT2D eigenvalue weighted by molar-refractivity contribution is 5.83. The lowest BCUT2D eigenvalue weighted by Gasteiger charge is -2.07. The maximum absolute atomic E-state index is 12.5. The fourth-order valence-corrected chi connectivity index (χ4v) is 2.61. The highest BCUT2D eigenvalue weighted by Gasteiger charge is 2.18. The van der Waals surface area contributed by atoms with Gasteiger partial charge in [0.1, 0.15) is 5.75 Å². The Kier molecular flexibility index (Phi) is 4.59. The van der Waals surface area contributed by atoms with E-state index in [4.69, 9.17) is 0 Å². The predicted molar refractivity (Wildman–Crippen MR) is 96.6 cm³/mol. The maximum Gasteiger partial charge on any atom is 0.332 e. The van der Waals surface area contributed by atoms with E-state index in [0.29, 0.717) is 5.56 Å². The molecule has 0 atom stereocenters. The summed E-state index contributed by atoms with van der Waals surface area (Å²) in [5.41, 5.74) is 2.54. The third kappa shape index (κ3) is 2.86. The molecule has 2 aromatic heterocycles. The van der Waals surface area contributed by atoms with E-state index < -0.39 is 11.2 Å². The molecular weight excluding hydrogens is 340 g/mol. The van der Waals surface area contributed by atoms with Crippen LogP contribution in [-0.2, 0) is 20.6 Å². The lowest BCUT2D eigenvalue weighted by Crippen LogP contribution is -2.37. The number of fused-ring (bicyclic) bond motifs is 1. The maximum atomic E-state index is 12.5. The van der Waals surface area contributed by atoms with E-state index in [1.807, 2.05) is 0 Å². The number of hydrazone groups is 1. The Balaban J connectivity index is 2.08. The quantitative estimate of drug-likeness (QED) is 0.420. The van der Waals surface area contributed by atoms with Crippen LogP contribution in [0, 0.1) is 0 Å². The summed E-state index contributed by atoms with van der Waals surface area (Å²) in [4.78, 5) is 28.8. The zero-order valence-corrected chi connectivity index (χ0v) is 14.2. The molecular formula is C16H18N6O4. The second-order valence-corrected chi connectivity index (χ2v) is 5.62. The Labute approximate surface area is 147 Å². The number of phenolic OH excluding ortho intramolecular Hbond substituents is 1. The molecule has 0 bridgehead atoms. The third-order valence-corrected chi connectivity index (χ3v) is 3.98. The number of benzene rings is 1. The van der Waals surface area contributed by atoms with E-state index in [0.717, 1.165) is 4.57 Å². The van der Waals surface area contributed by atoms with Crippen LogP contribution in [0.2, 0.25) is 0 Å². The van der Waals surface area contributed by atoms with E-state index in [2.05, 4.69) is 15.5 Å². The van der Waals surface area contributed by atoms with Gasteiger partial charge in [-0.2, -0.15) is 10.1 Å². The van der Waals surface area contributed by atoms with E-state index >= 15 is 0 Å². The predicted octanol–water partition coefficient (Wildman–Crippen LogP) is -0.422. The Hall–Kier alpha value is -3.40. The van der Waals surface area contributed by atoms with Crippen LogP contribution >= 0.6 is 0 Å². The summed E-state index contributed by atoms with van der Waals surface area (Å²) in [6.07, 6.45) is 1.40. The van der Waals surface area contributed by atoms with Gasteiger partial charge in [-0.15, -0.1) is 0 Å². The molecule has 136 valence electrons. The average Bonchev–Trinajstić information content (AvgIpc) is 2.99. The van der Waals surface area contributed by atoms with Crippen molar-refractivity contribution in [1.82, 2.24) is 18.7 Å². The van der Waals surface area contributed by atoms with Crippen molar-refractivity contribution in [3.05, 3.63) is 50.7 Å². The lowest BCUT2D eigenvalue weighted by molar-refractivity contribution is 0.278. The SMILES string of the molecule is Cn1c(=O)c2c(nc(N/N=C/c3ccccc3O)n2CCO)n(C)c1=O. The number of hydrogen-bond acceptors (Lipinski definition) is 7. The molecule has 0 aliphatic heterocycles. The molecule has 1 aromatic carbocycles. The number of para-hydroxylation sites is 1. The van der Waals surface area contributed by atoms with Gasteiger partial charge in [0, 0.05) is 26.2 Å². The van der Waals surface area contributed by atoms with E-state index in [1.165, 1.54) is 35.5 Å². The summed E-state index contributed by atoms with van der Waals surface area (Å²) in [7, 11) is 2.89. The first-order valence-corrected chi connectivity index (χ1v) is 7.80. The summed E-state index contributed by atoms with van der Waals surface area (Å²) in [5.74, 6) is 0.261. The number of hydrogen-bond donors (Lipinski definition) is 3. The summed E-state index contributed by atoms with van der Waals surface area (Å²) in [6, 6.07) is 6.65. The molecule has 0 radical (unpaired) electrons. The van der Waals surface area contributed by atoms with Crippen LogP contribution in [0.15, 0.2) is 39.0 Å². The van der Waals surface area contributed by atoms with Gasteiger partial charge in [0.05, 0.1) is 12.8 Å². The van der Waals surface area contributed by atoms with Gasteiger partial charge in [0.15, 0.2) is 11.2 Å². The fraction of sp³-hybridized carbons (Fsp3) is 0.250. The summed E-state index contributed by atoms with van der Waals surface area (Å²) >= 11 is 0. The van der Waals surface area contributed by atoms with E-state index in [-0.39, 0.29) is 36.0 Å². The van der Waals surface area contributed by atoms with Crippen molar-refractivity contribution in [2.24, 2.45) is 19.2 Å². The van der Waals surface area contributed by atoms with Crippen molar-refractivity contribution in [1.29, 1.82) is 0 Å². The van der Waals surface area contributed by atoms with Crippen molar-refractivity contribution in [3.8, 4) is 5.75 Å². The number of aromatic hydroxyl groups is 1. The van der Waals surface area contributed by atoms with Crippen LogP contribution in [0.4, 0.5) is 5.95 Å². The number of aromatic nitrogens is 4. The molecule has 0 amide bonds. The third-order valence-electron chi connectivity index (χ3n) is 3.98. The van der Waals surface area contributed by atoms with Crippen molar-refractivity contribution >= 4 is 23.3 Å². The topological polar surface area (TPSA) is 127 Å². The fourth-order valence-electron chi connectivity index (χ4n) is 2.61. The smallest absolute Gasteiger partial charge is 0.332 e. The number of phenols is 1. The van der Waals surface area contributed by atoms with Crippen LogP contribution < -0.4 is 16.7 Å². The molecule has 0 fully saturated rings. The molecule has 0 spiro atoms. The van der Waals surface area contributed by atoms with Gasteiger partial charge in [0.25, 0.3) is 5.56 Å². The Bertz CT molecular complexity index is 1110. The first kappa shape index (κ1) is 17.4. The van der Waals surface area contributed by atoms with Gasteiger partial charge < -0.3 is 14.8 Å².